The molecule has 4 heteroatoms. The molecule has 0 heterocycles. The third-order valence-corrected chi connectivity index (χ3v) is 2.32. The molecule has 1 unspecified atom stereocenters. The zero-order valence-electron chi connectivity index (χ0n) is 9.81. The number of nitrogens with one attached hydrogen (secondary N) is 1. The Labute approximate surface area is 101 Å². The molecular weight excluding hydrogens is 216 g/mol. The summed E-state index contributed by atoms with van der Waals surface area (Å²) in [5.74, 6) is -0.0738. The van der Waals surface area contributed by atoms with E-state index in [-0.39, 0.29) is 12.5 Å². The van der Waals surface area contributed by atoms with Gasteiger partial charge in [-0.25, -0.2) is 0 Å². The molecule has 0 aliphatic heterocycles. The molecule has 0 saturated heterocycles. The van der Waals surface area contributed by atoms with Crippen LogP contribution in [-0.4, -0.2) is 23.7 Å². The van der Waals surface area contributed by atoms with Crippen molar-refractivity contribution in [2.45, 2.75) is 25.9 Å². The van der Waals surface area contributed by atoms with E-state index in [2.05, 4.69) is 5.32 Å². The highest BCUT2D eigenvalue weighted by molar-refractivity contribution is 5.76. The molecule has 1 atom stereocenters. The minimum Gasteiger partial charge on any atom is -0.392 e. The topological polar surface area (TPSA) is 73.1 Å². The van der Waals surface area contributed by atoms with Crippen LogP contribution in [0.3, 0.4) is 0 Å². The van der Waals surface area contributed by atoms with Gasteiger partial charge in [-0.3, -0.25) is 4.79 Å². The average molecular weight is 232 g/mol. The summed E-state index contributed by atoms with van der Waals surface area (Å²) in [6.45, 7) is 1.91. The third-order valence-electron chi connectivity index (χ3n) is 2.32. The number of benzene rings is 1. The number of nitriles is 1. The summed E-state index contributed by atoms with van der Waals surface area (Å²) in [5.41, 5.74) is 1.64. The number of rotatable bonds is 5. The van der Waals surface area contributed by atoms with Crippen LogP contribution >= 0.6 is 0 Å². The van der Waals surface area contributed by atoms with Crippen LogP contribution in [-0.2, 0) is 11.2 Å². The van der Waals surface area contributed by atoms with Crippen LogP contribution in [0.15, 0.2) is 24.3 Å². The van der Waals surface area contributed by atoms with Gasteiger partial charge in [0.05, 0.1) is 17.7 Å². The van der Waals surface area contributed by atoms with Crippen LogP contribution in [0.5, 0.6) is 0 Å². The maximum atomic E-state index is 11.4. The van der Waals surface area contributed by atoms with E-state index in [1.54, 1.807) is 19.1 Å². The Balaban J connectivity index is 2.35. The normalized spacial score (nSPS) is 11.6. The molecule has 4 nitrogen and oxygen atoms in total. The first-order valence-electron chi connectivity index (χ1n) is 5.55. The molecule has 0 radical (unpaired) electrons. The van der Waals surface area contributed by atoms with E-state index in [4.69, 9.17) is 10.4 Å². The molecule has 0 aliphatic rings. The lowest BCUT2D eigenvalue weighted by atomic mass is 10.1. The number of aliphatic hydroxyl groups is 1. The second kappa shape index (κ2) is 6.66. The highest BCUT2D eigenvalue weighted by Crippen LogP contribution is 2.05. The van der Waals surface area contributed by atoms with Crippen molar-refractivity contribution < 1.29 is 9.90 Å². The second-order valence-electron chi connectivity index (χ2n) is 3.96. The molecule has 1 rings (SSSR count). The van der Waals surface area contributed by atoms with E-state index in [1.807, 2.05) is 18.2 Å². The third kappa shape index (κ3) is 5.14. The second-order valence-corrected chi connectivity index (χ2v) is 3.96. The van der Waals surface area contributed by atoms with E-state index < -0.39 is 6.10 Å². The van der Waals surface area contributed by atoms with Gasteiger partial charge in [0, 0.05) is 13.0 Å². The van der Waals surface area contributed by atoms with Crippen molar-refractivity contribution in [3.05, 3.63) is 35.4 Å². The molecule has 90 valence electrons. The molecule has 1 aromatic rings. The van der Waals surface area contributed by atoms with Gasteiger partial charge < -0.3 is 10.4 Å². The summed E-state index contributed by atoms with van der Waals surface area (Å²) >= 11 is 0. The molecule has 0 fully saturated rings. The predicted octanol–water partition coefficient (Wildman–Crippen LogP) is 0.988. The zero-order valence-corrected chi connectivity index (χ0v) is 9.81. The highest BCUT2D eigenvalue weighted by atomic mass is 16.3. The van der Waals surface area contributed by atoms with Crippen molar-refractivity contribution in [1.29, 1.82) is 5.26 Å². The van der Waals surface area contributed by atoms with Gasteiger partial charge in [0.1, 0.15) is 0 Å². The van der Waals surface area contributed by atoms with Crippen molar-refractivity contribution in [1.82, 2.24) is 5.32 Å². The Morgan fingerprint density at radius 2 is 2.12 bits per heavy atom. The fourth-order valence-corrected chi connectivity index (χ4v) is 1.35. The number of hydrogen-bond donors (Lipinski definition) is 2. The lowest BCUT2D eigenvalue weighted by molar-refractivity contribution is -0.121. The van der Waals surface area contributed by atoms with Crippen molar-refractivity contribution >= 4 is 5.91 Å². The number of amides is 1. The van der Waals surface area contributed by atoms with Gasteiger partial charge in [0.2, 0.25) is 5.91 Å². The van der Waals surface area contributed by atoms with E-state index in [0.29, 0.717) is 18.4 Å². The number of nitrogens with zero attached hydrogens (tertiary/aromatic N) is 1. The summed E-state index contributed by atoms with van der Waals surface area (Å²) in [7, 11) is 0. The molecule has 0 saturated carbocycles. The maximum absolute atomic E-state index is 11.4. The standard InChI is InChI=1S/C13H16N2O2/c1-10(16)9-15-13(17)7-6-11-2-4-12(8-14)5-3-11/h2-5,10,16H,6-7,9H2,1H3,(H,15,17). The first-order valence-corrected chi connectivity index (χ1v) is 5.55. The van der Waals surface area contributed by atoms with Gasteiger partial charge in [-0.15, -0.1) is 0 Å². The fraction of sp³-hybridized carbons (Fsp3) is 0.385. The minimum absolute atomic E-state index is 0.0738. The molecule has 0 aromatic heterocycles. The maximum Gasteiger partial charge on any atom is 0.220 e. The molecule has 0 aliphatic carbocycles. The summed E-state index contributed by atoms with van der Waals surface area (Å²) in [4.78, 5) is 11.4. The lowest BCUT2D eigenvalue weighted by Gasteiger charge is -2.06. The van der Waals surface area contributed by atoms with Crippen LogP contribution < -0.4 is 5.32 Å². The van der Waals surface area contributed by atoms with Crippen LogP contribution in [0.4, 0.5) is 0 Å². The number of carbonyl (C=O) groups excluding carboxylic acids is 1. The van der Waals surface area contributed by atoms with Crippen LogP contribution in [0.1, 0.15) is 24.5 Å². The Kier molecular flexibility index (Phi) is 5.18. The number of hydrogen-bond acceptors (Lipinski definition) is 3. The van der Waals surface area contributed by atoms with E-state index in [9.17, 15) is 4.79 Å². The molecule has 1 aromatic carbocycles. The zero-order chi connectivity index (χ0) is 12.7. The number of aliphatic hydroxyl groups excluding tert-OH is 1. The van der Waals surface area contributed by atoms with E-state index >= 15 is 0 Å². The highest BCUT2D eigenvalue weighted by Gasteiger charge is 2.03. The predicted molar refractivity (Wildman–Crippen MR) is 64.2 cm³/mol. The number of aryl methyl sites for hydroxylation is 1. The molecule has 0 bridgehead atoms. The first-order chi connectivity index (χ1) is 8.11. The minimum atomic E-state index is -0.520. The van der Waals surface area contributed by atoms with Gasteiger partial charge in [-0.2, -0.15) is 5.26 Å². The van der Waals surface area contributed by atoms with Crippen molar-refractivity contribution in [3.8, 4) is 6.07 Å². The SMILES string of the molecule is CC(O)CNC(=O)CCc1ccc(C#N)cc1. The fourth-order valence-electron chi connectivity index (χ4n) is 1.35. The van der Waals surface area contributed by atoms with Gasteiger partial charge >= 0.3 is 0 Å². The monoisotopic (exact) mass is 232 g/mol. The summed E-state index contributed by atoms with van der Waals surface area (Å²) in [5, 5.41) is 20.3. The number of carbonyl (C=O) groups is 1. The summed E-state index contributed by atoms with van der Waals surface area (Å²) < 4.78 is 0. The van der Waals surface area contributed by atoms with E-state index in [1.165, 1.54) is 0 Å². The van der Waals surface area contributed by atoms with Gasteiger partial charge in [-0.05, 0) is 31.0 Å². The lowest BCUT2D eigenvalue weighted by Crippen LogP contribution is -2.30. The Morgan fingerprint density at radius 3 is 2.65 bits per heavy atom. The Hall–Kier alpha value is -1.86. The molecule has 1 amide bonds. The first kappa shape index (κ1) is 13.2. The van der Waals surface area contributed by atoms with Crippen LogP contribution in [0, 0.1) is 11.3 Å². The van der Waals surface area contributed by atoms with E-state index in [0.717, 1.165) is 5.56 Å². The van der Waals surface area contributed by atoms with Gasteiger partial charge in [0.25, 0.3) is 0 Å². The van der Waals surface area contributed by atoms with Crippen LogP contribution in [0.25, 0.3) is 0 Å². The van der Waals surface area contributed by atoms with Crippen molar-refractivity contribution in [2.75, 3.05) is 6.54 Å². The van der Waals surface area contributed by atoms with Crippen LogP contribution in [0.2, 0.25) is 0 Å². The Bertz CT molecular complexity index is 404. The molecule has 17 heavy (non-hydrogen) atoms. The average Bonchev–Trinajstić information content (AvgIpc) is 2.34. The summed E-state index contributed by atoms with van der Waals surface area (Å²) in [6.07, 6.45) is 0.504. The van der Waals surface area contributed by atoms with Gasteiger partial charge in [-0.1, -0.05) is 12.1 Å². The molecule has 0 spiro atoms. The molecule has 2 N–H and O–H groups in total. The van der Waals surface area contributed by atoms with Crippen molar-refractivity contribution in [2.24, 2.45) is 0 Å². The smallest absolute Gasteiger partial charge is 0.220 e. The molecular formula is C13H16N2O2. The largest absolute Gasteiger partial charge is 0.392 e. The quantitative estimate of drug-likeness (QED) is 0.795. The Morgan fingerprint density at radius 1 is 1.47 bits per heavy atom. The van der Waals surface area contributed by atoms with Crippen molar-refractivity contribution in [3.63, 3.8) is 0 Å². The van der Waals surface area contributed by atoms with Gasteiger partial charge in [0.15, 0.2) is 0 Å². The summed E-state index contributed by atoms with van der Waals surface area (Å²) in [6, 6.07) is 9.22.